The van der Waals surface area contributed by atoms with Crippen LogP contribution < -0.4 is 4.90 Å². The monoisotopic (exact) mass is 302 g/mol. The topological polar surface area (TPSA) is 45.4 Å². The molecule has 0 bridgehead atoms. The van der Waals surface area contributed by atoms with Crippen molar-refractivity contribution in [2.24, 2.45) is 0 Å². The average Bonchev–Trinajstić information content (AvgIpc) is 2.96. The maximum absolute atomic E-state index is 6.10. The zero-order valence-corrected chi connectivity index (χ0v) is 12.5. The molecule has 0 aliphatic carbocycles. The molecule has 0 atom stereocenters. The highest BCUT2D eigenvalue weighted by Crippen LogP contribution is 2.32. The summed E-state index contributed by atoms with van der Waals surface area (Å²) < 4.78 is 5.20. The first-order valence-electron chi connectivity index (χ1n) is 6.99. The zero-order valence-electron chi connectivity index (χ0n) is 11.7. The van der Waals surface area contributed by atoms with Crippen LogP contribution >= 0.6 is 11.6 Å². The van der Waals surface area contributed by atoms with Crippen molar-refractivity contribution in [1.82, 2.24) is 15.0 Å². The Morgan fingerprint density at radius 1 is 1.14 bits per heavy atom. The van der Waals surface area contributed by atoms with Crippen molar-refractivity contribution in [3.63, 3.8) is 0 Å². The summed E-state index contributed by atoms with van der Waals surface area (Å²) in [5.74, 6) is 0.890. The second kappa shape index (κ2) is 4.86. The number of hydrogen-bond acceptors (Lipinski definition) is 5. The highest BCUT2D eigenvalue weighted by atomic mass is 35.5. The lowest BCUT2D eigenvalue weighted by Gasteiger charge is -2.33. The quantitative estimate of drug-likeness (QED) is 0.691. The van der Waals surface area contributed by atoms with E-state index in [-0.39, 0.29) is 0 Å². The molecule has 0 N–H and O–H groups in total. The number of rotatable bonds is 1. The molecule has 0 saturated carbocycles. The van der Waals surface area contributed by atoms with Crippen molar-refractivity contribution >= 4 is 39.2 Å². The van der Waals surface area contributed by atoms with E-state index in [2.05, 4.69) is 22.0 Å². The molecule has 21 heavy (non-hydrogen) atoms. The molecule has 1 aromatic carbocycles. The van der Waals surface area contributed by atoms with Crippen LogP contribution in [0, 0.1) is 0 Å². The molecular formula is C15H15ClN4O. The van der Waals surface area contributed by atoms with Gasteiger partial charge in [0, 0.05) is 36.6 Å². The van der Waals surface area contributed by atoms with Crippen LogP contribution in [0.2, 0.25) is 5.02 Å². The highest BCUT2D eigenvalue weighted by Gasteiger charge is 2.21. The number of hydrogen-bond donors (Lipinski definition) is 0. The number of fused-ring (bicyclic) bond motifs is 3. The lowest BCUT2D eigenvalue weighted by Crippen LogP contribution is -2.44. The van der Waals surface area contributed by atoms with E-state index in [9.17, 15) is 0 Å². The van der Waals surface area contributed by atoms with E-state index in [0.29, 0.717) is 5.02 Å². The molecule has 0 spiro atoms. The van der Waals surface area contributed by atoms with Crippen molar-refractivity contribution in [3.05, 3.63) is 29.5 Å². The fourth-order valence-corrected chi connectivity index (χ4v) is 2.99. The van der Waals surface area contributed by atoms with E-state index in [1.807, 2.05) is 18.2 Å². The van der Waals surface area contributed by atoms with Crippen LogP contribution in [0.1, 0.15) is 0 Å². The van der Waals surface area contributed by atoms with Crippen LogP contribution in [0.15, 0.2) is 29.0 Å². The van der Waals surface area contributed by atoms with Crippen LogP contribution in [0.25, 0.3) is 21.8 Å². The number of piperazine rings is 1. The molecule has 1 fully saturated rings. The van der Waals surface area contributed by atoms with E-state index in [1.54, 1.807) is 6.26 Å². The smallest absolute Gasteiger partial charge is 0.159 e. The Morgan fingerprint density at radius 2 is 1.95 bits per heavy atom. The number of benzene rings is 1. The first kappa shape index (κ1) is 12.9. The van der Waals surface area contributed by atoms with Crippen LogP contribution in [-0.4, -0.2) is 48.3 Å². The molecule has 3 aromatic rings. The van der Waals surface area contributed by atoms with E-state index in [1.165, 1.54) is 0 Å². The van der Waals surface area contributed by atoms with Crippen molar-refractivity contribution in [1.29, 1.82) is 0 Å². The second-order valence-electron chi connectivity index (χ2n) is 5.46. The van der Waals surface area contributed by atoms with Gasteiger partial charge in [-0.2, -0.15) is 0 Å². The fourth-order valence-electron chi connectivity index (χ4n) is 2.82. The summed E-state index contributed by atoms with van der Waals surface area (Å²) in [6.07, 6.45) is 1.69. The number of nitrogens with zero attached hydrogens (tertiary/aromatic N) is 4. The van der Waals surface area contributed by atoms with E-state index < -0.39 is 0 Å². The third-order valence-electron chi connectivity index (χ3n) is 4.06. The largest absolute Gasteiger partial charge is 0.363 e. The minimum atomic E-state index is 0.690. The summed E-state index contributed by atoms with van der Waals surface area (Å²) in [5.41, 5.74) is 1.71. The summed E-state index contributed by atoms with van der Waals surface area (Å²) in [4.78, 5) is 9.37. The van der Waals surface area contributed by atoms with E-state index >= 15 is 0 Å². The van der Waals surface area contributed by atoms with Gasteiger partial charge < -0.3 is 14.3 Å². The maximum Gasteiger partial charge on any atom is 0.159 e. The van der Waals surface area contributed by atoms with Gasteiger partial charge in [-0.15, -0.1) is 0 Å². The van der Waals surface area contributed by atoms with Gasteiger partial charge in [-0.1, -0.05) is 22.8 Å². The molecule has 1 aliphatic heterocycles. The Bertz CT molecular complexity index is 808. The number of pyridine rings is 1. The summed E-state index contributed by atoms with van der Waals surface area (Å²) in [6, 6.07) is 5.73. The van der Waals surface area contributed by atoms with Gasteiger partial charge in [-0.3, -0.25) is 0 Å². The molecule has 4 rings (SSSR count). The van der Waals surface area contributed by atoms with Crippen LogP contribution in [-0.2, 0) is 0 Å². The van der Waals surface area contributed by atoms with Gasteiger partial charge in [0.05, 0.1) is 10.9 Å². The Morgan fingerprint density at radius 3 is 2.76 bits per heavy atom. The molecule has 108 valence electrons. The minimum absolute atomic E-state index is 0.690. The van der Waals surface area contributed by atoms with Crippen molar-refractivity contribution in [2.75, 3.05) is 38.1 Å². The molecule has 0 unspecified atom stereocenters. The number of anilines is 1. The number of likely N-dealkylation sites (N-methyl/N-ethyl adjacent to an activating group) is 1. The lowest BCUT2D eigenvalue weighted by atomic mass is 10.1. The molecule has 1 aliphatic rings. The van der Waals surface area contributed by atoms with Gasteiger partial charge in [-0.05, 0) is 19.2 Å². The average molecular weight is 303 g/mol. The van der Waals surface area contributed by atoms with Gasteiger partial charge in [-0.25, -0.2) is 4.98 Å². The predicted molar refractivity (Wildman–Crippen MR) is 84.0 cm³/mol. The van der Waals surface area contributed by atoms with E-state index in [0.717, 1.165) is 53.8 Å². The summed E-state index contributed by atoms with van der Waals surface area (Å²) in [7, 11) is 2.14. The molecular weight excluding hydrogens is 288 g/mol. The van der Waals surface area contributed by atoms with Crippen molar-refractivity contribution in [3.8, 4) is 0 Å². The molecule has 5 nitrogen and oxygen atoms in total. The second-order valence-corrected chi connectivity index (χ2v) is 5.90. The van der Waals surface area contributed by atoms with Gasteiger partial charge in [0.25, 0.3) is 0 Å². The predicted octanol–water partition coefficient (Wildman–Crippen LogP) is 2.78. The van der Waals surface area contributed by atoms with Gasteiger partial charge in [0.2, 0.25) is 0 Å². The zero-order chi connectivity index (χ0) is 14.4. The summed E-state index contributed by atoms with van der Waals surface area (Å²) >= 11 is 6.10. The SMILES string of the molecule is CN1CCN(c2nc3cc(Cl)ccc3c3conc23)CC1. The third kappa shape index (κ3) is 2.13. The maximum atomic E-state index is 6.10. The Hall–Kier alpha value is -1.85. The molecule has 1 saturated heterocycles. The molecule has 6 heteroatoms. The number of halogens is 1. The first-order valence-corrected chi connectivity index (χ1v) is 7.37. The van der Waals surface area contributed by atoms with Crippen molar-refractivity contribution < 1.29 is 4.52 Å². The Labute approximate surface area is 127 Å². The fraction of sp³-hybridized carbons (Fsp3) is 0.333. The van der Waals surface area contributed by atoms with Crippen LogP contribution in [0.4, 0.5) is 5.82 Å². The Balaban J connectivity index is 1.92. The molecule has 2 aromatic heterocycles. The lowest BCUT2D eigenvalue weighted by molar-refractivity contribution is 0.312. The summed E-state index contributed by atoms with van der Waals surface area (Å²) in [5, 5.41) is 6.86. The Kier molecular flexibility index (Phi) is 2.97. The normalized spacial score (nSPS) is 17.0. The van der Waals surface area contributed by atoms with Crippen molar-refractivity contribution in [2.45, 2.75) is 0 Å². The van der Waals surface area contributed by atoms with Crippen LogP contribution in [0.3, 0.4) is 0 Å². The van der Waals surface area contributed by atoms with Gasteiger partial charge >= 0.3 is 0 Å². The van der Waals surface area contributed by atoms with Crippen LogP contribution in [0.5, 0.6) is 0 Å². The minimum Gasteiger partial charge on any atom is -0.363 e. The molecule has 0 amide bonds. The van der Waals surface area contributed by atoms with Gasteiger partial charge in [0.15, 0.2) is 11.3 Å². The van der Waals surface area contributed by atoms with E-state index in [4.69, 9.17) is 21.1 Å². The summed E-state index contributed by atoms with van der Waals surface area (Å²) in [6.45, 7) is 3.93. The standard InChI is InChI=1S/C15H15ClN4O/c1-19-4-6-20(7-5-19)15-14-12(9-21-18-14)11-3-2-10(16)8-13(11)17-15/h2-3,8-9H,4-7H2,1H3. The number of aromatic nitrogens is 2. The third-order valence-corrected chi connectivity index (χ3v) is 4.30. The first-order chi connectivity index (χ1) is 10.2. The molecule has 0 radical (unpaired) electrons. The molecule has 3 heterocycles. The van der Waals surface area contributed by atoms with Gasteiger partial charge in [0.1, 0.15) is 6.26 Å². The highest BCUT2D eigenvalue weighted by molar-refractivity contribution is 6.31.